The zero-order valence-corrected chi connectivity index (χ0v) is 9.95. The molecule has 17 heavy (non-hydrogen) atoms. The molecule has 1 N–H and O–H groups in total. The maximum Gasteiger partial charge on any atom is 0.151 e. The summed E-state index contributed by atoms with van der Waals surface area (Å²) < 4.78 is 13.2. The van der Waals surface area contributed by atoms with E-state index in [0.717, 1.165) is 31.7 Å². The highest BCUT2D eigenvalue weighted by Gasteiger charge is 2.25. The van der Waals surface area contributed by atoms with Crippen LogP contribution in [-0.2, 0) is 4.79 Å². The van der Waals surface area contributed by atoms with Crippen LogP contribution in [0.1, 0.15) is 18.5 Å². The lowest BCUT2D eigenvalue weighted by molar-refractivity contribution is -0.122. The van der Waals surface area contributed by atoms with Crippen molar-refractivity contribution in [3.05, 3.63) is 35.6 Å². The lowest BCUT2D eigenvalue weighted by atomic mass is 10.0. The van der Waals surface area contributed by atoms with Crippen LogP contribution < -0.4 is 5.32 Å². The molecule has 3 nitrogen and oxygen atoms in total. The normalized spacial score (nSPS) is 18.9. The van der Waals surface area contributed by atoms with E-state index in [9.17, 15) is 9.18 Å². The van der Waals surface area contributed by atoms with Gasteiger partial charge in [-0.05, 0) is 24.6 Å². The number of rotatable bonds is 3. The molecule has 1 aromatic rings. The minimum Gasteiger partial charge on any atom is -0.314 e. The monoisotopic (exact) mass is 236 g/mol. The van der Waals surface area contributed by atoms with Gasteiger partial charge in [0.25, 0.3) is 0 Å². The Balaban J connectivity index is 2.25. The topological polar surface area (TPSA) is 32.3 Å². The van der Waals surface area contributed by atoms with Gasteiger partial charge in [0.1, 0.15) is 5.82 Å². The molecule has 1 atom stereocenters. The van der Waals surface area contributed by atoms with Crippen LogP contribution in [0.5, 0.6) is 0 Å². The van der Waals surface area contributed by atoms with E-state index in [1.807, 2.05) is 6.07 Å². The van der Waals surface area contributed by atoms with E-state index in [-0.39, 0.29) is 17.6 Å². The summed E-state index contributed by atoms with van der Waals surface area (Å²) in [6.07, 6.45) is 0. The number of hydrogen-bond donors (Lipinski definition) is 1. The quantitative estimate of drug-likeness (QED) is 0.860. The van der Waals surface area contributed by atoms with Gasteiger partial charge in [-0.25, -0.2) is 4.39 Å². The molecule has 1 aliphatic heterocycles. The molecule has 0 bridgehead atoms. The second-order valence-electron chi connectivity index (χ2n) is 4.35. The Hall–Kier alpha value is -1.26. The fourth-order valence-corrected chi connectivity index (χ4v) is 2.32. The number of piperazine rings is 1. The molecule has 1 aliphatic rings. The molecule has 1 saturated heterocycles. The maximum atomic E-state index is 13.2. The van der Waals surface area contributed by atoms with Crippen LogP contribution >= 0.6 is 0 Å². The summed E-state index contributed by atoms with van der Waals surface area (Å²) in [4.78, 5) is 13.9. The summed E-state index contributed by atoms with van der Waals surface area (Å²) in [7, 11) is 0. The summed E-state index contributed by atoms with van der Waals surface area (Å²) in [6.45, 7) is 4.96. The van der Waals surface area contributed by atoms with Crippen molar-refractivity contribution in [2.45, 2.75) is 13.0 Å². The fourth-order valence-electron chi connectivity index (χ4n) is 2.32. The molecule has 0 saturated carbocycles. The Labute approximate surface area is 101 Å². The number of hydrogen-bond acceptors (Lipinski definition) is 3. The summed E-state index contributed by atoms with van der Waals surface area (Å²) in [5.41, 5.74) is 0.749. The number of halogens is 1. The molecule has 1 aromatic carbocycles. The van der Waals surface area contributed by atoms with E-state index in [0.29, 0.717) is 0 Å². The van der Waals surface area contributed by atoms with Crippen molar-refractivity contribution in [1.82, 2.24) is 10.2 Å². The van der Waals surface area contributed by atoms with Crippen molar-refractivity contribution in [2.75, 3.05) is 26.2 Å². The average molecular weight is 236 g/mol. The highest BCUT2D eigenvalue weighted by Crippen LogP contribution is 2.22. The third-order valence-electron chi connectivity index (χ3n) is 3.07. The molecule has 0 amide bonds. The lowest BCUT2D eigenvalue weighted by Gasteiger charge is -2.33. The first-order valence-electron chi connectivity index (χ1n) is 5.89. The summed E-state index contributed by atoms with van der Waals surface area (Å²) >= 11 is 0. The van der Waals surface area contributed by atoms with Gasteiger partial charge in [-0.1, -0.05) is 12.1 Å². The second-order valence-corrected chi connectivity index (χ2v) is 4.35. The van der Waals surface area contributed by atoms with Gasteiger partial charge in [-0.2, -0.15) is 0 Å². The Morgan fingerprint density at radius 2 is 2.12 bits per heavy atom. The number of nitrogens with zero attached hydrogens (tertiary/aromatic N) is 1. The molecule has 1 unspecified atom stereocenters. The van der Waals surface area contributed by atoms with Gasteiger partial charge in [0.2, 0.25) is 0 Å². The van der Waals surface area contributed by atoms with Crippen LogP contribution in [0, 0.1) is 5.82 Å². The largest absolute Gasteiger partial charge is 0.314 e. The van der Waals surface area contributed by atoms with Gasteiger partial charge in [-0.3, -0.25) is 9.69 Å². The standard InChI is InChI=1S/C13H17FN2O/c1-10(17)13(16-7-5-15-6-8-16)11-3-2-4-12(14)9-11/h2-4,9,13,15H,5-8H2,1H3. The van der Waals surface area contributed by atoms with Gasteiger partial charge in [0, 0.05) is 26.2 Å². The van der Waals surface area contributed by atoms with Crippen LogP contribution in [-0.4, -0.2) is 36.9 Å². The highest BCUT2D eigenvalue weighted by atomic mass is 19.1. The lowest BCUT2D eigenvalue weighted by Crippen LogP contribution is -2.46. The van der Waals surface area contributed by atoms with E-state index in [2.05, 4.69) is 10.2 Å². The second kappa shape index (κ2) is 5.38. The molecule has 2 rings (SSSR count). The predicted molar refractivity (Wildman–Crippen MR) is 64.3 cm³/mol. The third kappa shape index (κ3) is 2.90. The van der Waals surface area contributed by atoms with Crippen LogP contribution in [0.25, 0.3) is 0 Å². The van der Waals surface area contributed by atoms with Gasteiger partial charge in [0.05, 0.1) is 6.04 Å². The van der Waals surface area contributed by atoms with E-state index in [1.165, 1.54) is 12.1 Å². The minimum absolute atomic E-state index is 0.0671. The van der Waals surface area contributed by atoms with Gasteiger partial charge < -0.3 is 5.32 Å². The Bertz CT molecular complexity index is 402. The SMILES string of the molecule is CC(=O)C(c1cccc(F)c1)N1CCNCC1. The van der Waals surface area contributed by atoms with E-state index in [1.54, 1.807) is 13.0 Å². The molecule has 0 spiro atoms. The van der Waals surface area contributed by atoms with Crippen molar-refractivity contribution in [1.29, 1.82) is 0 Å². The third-order valence-corrected chi connectivity index (χ3v) is 3.07. The number of Topliss-reactive ketones (excluding diaryl/α,β-unsaturated/α-hetero) is 1. The van der Waals surface area contributed by atoms with Crippen molar-refractivity contribution >= 4 is 5.78 Å². The zero-order valence-electron chi connectivity index (χ0n) is 9.95. The number of ketones is 1. The molecular weight excluding hydrogens is 219 g/mol. The van der Waals surface area contributed by atoms with E-state index < -0.39 is 0 Å². The van der Waals surface area contributed by atoms with Crippen molar-refractivity contribution in [3.8, 4) is 0 Å². The zero-order chi connectivity index (χ0) is 12.3. The summed E-state index contributed by atoms with van der Waals surface area (Å²) in [5.74, 6) is -0.221. The molecule has 4 heteroatoms. The van der Waals surface area contributed by atoms with Crippen molar-refractivity contribution in [2.24, 2.45) is 0 Å². The summed E-state index contributed by atoms with van der Waals surface area (Å²) in [5, 5.41) is 3.24. The van der Waals surface area contributed by atoms with Gasteiger partial charge in [0.15, 0.2) is 5.78 Å². The first kappa shape index (κ1) is 12.2. The smallest absolute Gasteiger partial charge is 0.151 e. The molecule has 92 valence electrons. The van der Waals surface area contributed by atoms with Gasteiger partial charge >= 0.3 is 0 Å². The highest BCUT2D eigenvalue weighted by molar-refractivity contribution is 5.82. The Kier molecular flexibility index (Phi) is 3.86. The number of benzene rings is 1. The van der Waals surface area contributed by atoms with Crippen LogP contribution in [0.4, 0.5) is 4.39 Å². The minimum atomic E-state index is -0.312. The Morgan fingerprint density at radius 3 is 2.71 bits per heavy atom. The fraction of sp³-hybridized carbons (Fsp3) is 0.462. The number of carbonyl (C=O) groups excluding carboxylic acids is 1. The van der Waals surface area contributed by atoms with E-state index >= 15 is 0 Å². The summed E-state index contributed by atoms with van der Waals surface area (Å²) in [6, 6.07) is 6.01. The molecule has 0 aliphatic carbocycles. The van der Waals surface area contributed by atoms with Crippen molar-refractivity contribution in [3.63, 3.8) is 0 Å². The van der Waals surface area contributed by atoms with Crippen LogP contribution in [0.3, 0.4) is 0 Å². The molecular formula is C13H17FN2O. The molecule has 1 heterocycles. The Morgan fingerprint density at radius 1 is 1.41 bits per heavy atom. The van der Waals surface area contributed by atoms with Gasteiger partial charge in [-0.15, -0.1) is 0 Å². The number of carbonyl (C=O) groups is 1. The first-order valence-corrected chi connectivity index (χ1v) is 5.89. The molecule has 0 aromatic heterocycles. The van der Waals surface area contributed by atoms with E-state index in [4.69, 9.17) is 0 Å². The first-order chi connectivity index (χ1) is 8.18. The maximum absolute atomic E-state index is 13.2. The molecule has 0 radical (unpaired) electrons. The van der Waals surface area contributed by atoms with Crippen LogP contribution in [0.15, 0.2) is 24.3 Å². The average Bonchev–Trinajstić information content (AvgIpc) is 2.30. The number of nitrogens with one attached hydrogen (secondary N) is 1. The van der Waals surface area contributed by atoms with Crippen LogP contribution in [0.2, 0.25) is 0 Å². The molecule has 1 fully saturated rings. The van der Waals surface area contributed by atoms with Crippen molar-refractivity contribution < 1.29 is 9.18 Å². The predicted octanol–water partition coefficient (Wildman–Crippen LogP) is 1.36.